The maximum Gasteiger partial charge on any atom is 0.341 e. The van der Waals surface area contributed by atoms with Crippen molar-refractivity contribution in [3.63, 3.8) is 0 Å². The Morgan fingerprint density at radius 2 is 1.96 bits per heavy atom. The van der Waals surface area contributed by atoms with Gasteiger partial charge < -0.3 is 10.1 Å². The maximum atomic E-state index is 13.0. The fraction of sp³-hybridized carbons (Fsp3) is 0.250. The Hall–Kier alpha value is -2.98. The van der Waals surface area contributed by atoms with Crippen LogP contribution < -0.4 is 5.32 Å². The van der Waals surface area contributed by atoms with Crippen LogP contribution in [0.2, 0.25) is 0 Å². The molecule has 1 aliphatic rings. The fourth-order valence-corrected chi connectivity index (χ4v) is 4.29. The third-order valence-corrected chi connectivity index (χ3v) is 5.54. The summed E-state index contributed by atoms with van der Waals surface area (Å²) < 4.78 is 17.9. The Balaban J connectivity index is 1.90. The first kappa shape index (κ1) is 18.8. The molecule has 0 aliphatic heterocycles. The van der Waals surface area contributed by atoms with E-state index in [0.29, 0.717) is 16.1 Å². The van der Waals surface area contributed by atoms with Crippen LogP contribution in [0.25, 0.3) is 6.08 Å². The summed E-state index contributed by atoms with van der Waals surface area (Å²) in [5.41, 5.74) is 1.70. The van der Waals surface area contributed by atoms with Crippen LogP contribution in [0.4, 0.5) is 9.39 Å². The van der Waals surface area contributed by atoms with E-state index in [9.17, 15) is 19.2 Å². The molecule has 1 heterocycles. The van der Waals surface area contributed by atoms with Crippen LogP contribution in [0, 0.1) is 17.1 Å². The number of esters is 1. The molecule has 7 heteroatoms. The number of benzene rings is 1. The zero-order valence-corrected chi connectivity index (χ0v) is 15.5. The zero-order chi connectivity index (χ0) is 19.4. The number of anilines is 1. The number of nitrogens with one attached hydrogen (secondary N) is 1. The summed E-state index contributed by atoms with van der Waals surface area (Å²) in [7, 11) is 1.30. The molecule has 0 radical (unpaired) electrons. The Kier molecular flexibility index (Phi) is 5.67. The lowest BCUT2D eigenvalue weighted by Crippen LogP contribution is -2.16. The van der Waals surface area contributed by atoms with E-state index in [1.807, 2.05) is 6.07 Å². The number of carbonyl (C=O) groups is 2. The Morgan fingerprint density at radius 1 is 1.26 bits per heavy atom. The molecular weight excluding hydrogens is 367 g/mol. The predicted molar refractivity (Wildman–Crippen MR) is 101 cm³/mol. The number of nitrogens with zero attached hydrogens (tertiary/aromatic N) is 1. The standard InChI is InChI=1S/C20H17FN2O3S/c1-26-20(25)17-15-4-2-3-5-16(15)27-19(17)23-18(24)13(11-22)10-12-6-8-14(21)9-7-12/h6-10H,2-5H2,1H3,(H,23,24). The highest BCUT2D eigenvalue weighted by Crippen LogP contribution is 2.38. The molecule has 1 N–H and O–H groups in total. The van der Waals surface area contributed by atoms with E-state index in [1.54, 1.807) is 0 Å². The van der Waals surface area contributed by atoms with Gasteiger partial charge in [0.2, 0.25) is 0 Å². The van der Waals surface area contributed by atoms with Crippen LogP contribution in [-0.2, 0) is 22.4 Å². The average molecular weight is 384 g/mol. The minimum Gasteiger partial charge on any atom is -0.465 e. The number of thiophene rings is 1. The molecule has 0 bridgehead atoms. The number of rotatable bonds is 4. The highest BCUT2D eigenvalue weighted by molar-refractivity contribution is 7.17. The van der Waals surface area contributed by atoms with Gasteiger partial charge in [-0.05, 0) is 55.0 Å². The van der Waals surface area contributed by atoms with E-state index in [1.165, 1.54) is 48.8 Å². The summed E-state index contributed by atoms with van der Waals surface area (Å²) >= 11 is 1.35. The average Bonchev–Trinajstić information content (AvgIpc) is 3.04. The molecule has 1 aromatic heterocycles. The van der Waals surface area contributed by atoms with Gasteiger partial charge in [0.25, 0.3) is 5.91 Å². The molecule has 0 saturated heterocycles. The first-order chi connectivity index (χ1) is 13.0. The third kappa shape index (κ3) is 4.07. The van der Waals surface area contributed by atoms with Crippen LogP contribution in [-0.4, -0.2) is 19.0 Å². The fourth-order valence-electron chi connectivity index (χ4n) is 3.02. The van der Waals surface area contributed by atoms with E-state index in [0.717, 1.165) is 36.1 Å². The molecule has 1 aromatic carbocycles. The van der Waals surface area contributed by atoms with E-state index >= 15 is 0 Å². The number of nitriles is 1. The minimum atomic E-state index is -0.620. The van der Waals surface area contributed by atoms with Crippen LogP contribution in [0.5, 0.6) is 0 Å². The molecule has 1 amide bonds. The van der Waals surface area contributed by atoms with Crippen molar-refractivity contribution in [1.82, 2.24) is 0 Å². The molecule has 1 aliphatic carbocycles. The van der Waals surface area contributed by atoms with Crippen molar-refractivity contribution in [3.05, 3.63) is 57.2 Å². The monoisotopic (exact) mass is 384 g/mol. The summed E-state index contributed by atoms with van der Waals surface area (Å²) in [6, 6.07) is 7.31. The Morgan fingerprint density at radius 3 is 2.63 bits per heavy atom. The number of carbonyl (C=O) groups excluding carboxylic acids is 2. The normalized spacial score (nSPS) is 13.4. The number of aryl methyl sites for hydroxylation is 1. The van der Waals surface area contributed by atoms with Crippen molar-refractivity contribution in [2.24, 2.45) is 0 Å². The van der Waals surface area contributed by atoms with Crippen molar-refractivity contribution < 1.29 is 18.7 Å². The van der Waals surface area contributed by atoms with Gasteiger partial charge in [0.15, 0.2) is 0 Å². The summed E-state index contributed by atoms with van der Waals surface area (Å²) in [5, 5.41) is 12.4. The molecule has 27 heavy (non-hydrogen) atoms. The molecule has 5 nitrogen and oxygen atoms in total. The quantitative estimate of drug-likeness (QED) is 0.489. The molecule has 0 saturated carbocycles. The van der Waals surface area contributed by atoms with Crippen molar-refractivity contribution in [2.45, 2.75) is 25.7 Å². The van der Waals surface area contributed by atoms with Gasteiger partial charge in [-0.25, -0.2) is 9.18 Å². The number of fused-ring (bicyclic) bond motifs is 1. The molecule has 0 spiro atoms. The lowest BCUT2D eigenvalue weighted by atomic mass is 9.95. The van der Waals surface area contributed by atoms with Gasteiger partial charge in [-0.2, -0.15) is 5.26 Å². The second-order valence-electron chi connectivity index (χ2n) is 6.08. The summed E-state index contributed by atoms with van der Waals surface area (Å²) in [5.74, 6) is -1.52. The van der Waals surface area contributed by atoms with Gasteiger partial charge in [0.1, 0.15) is 22.5 Å². The van der Waals surface area contributed by atoms with Crippen molar-refractivity contribution in [3.8, 4) is 6.07 Å². The number of amides is 1. The maximum absolute atomic E-state index is 13.0. The zero-order valence-electron chi connectivity index (χ0n) is 14.7. The van der Waals surface area contributed by atoms with E-state index in [-0.39, 0.29) is 5.57 Å². The smallest absolute Gasteiger partial charge is 0.341 e. The van der Waals surface area contributed by atoms with Gasteiger partial charge in [0, 0.05) is 4.88 Å². The molecule has 3 rings (SSSR count). The van der Waals surface area contributed by atoms with Crippen molar-refractivity contribution in [1.29, 1.82) is 5.26 Å². The van der Waals surface area contributed by atoms with E-state index < -0.39 is 17.7 Å². The van der Waals surface area contributed by atoms with Crippen LogP contribution in [0.15, 0.2) is 29.8 Å². The van der Waals surface area contributed by atoms with E-state index in [2.05, 4.69) is 5.32 Å². The lowest BCUT2D eigenvalue weighted by Gasteiger charge is -2.11. The number of hydrogen-bond donors (Lipinski definition) is 1. The van der Waals surface area contributed by atoms with Gasteiger partial charge in [-0.1, -0.05) is 12.1 Å². The first-order valence-corrected chi connectivity index (χ1v) is 9.26. The second-order valence-corrected chi connectivity index (χ2v) is 7.19. The van der Waals surface area contributed by atoms with Crippen molar-refractivity contribution >= 4 is 34.3 Å². The minimum absolute atomic E-state index is 0.135. The number of hydrogen-bond acceptors (Lipinski definition) is 5. The largest absolute Gasteiger partial charge is 0.465 e. The predicted octanol–water partition coefficient (Wildman–Crippen LogP) is 4.10. The molecule has 0 unspecified atom stereocenters. The van der Waals surface area contributed by atoms with Gasteiger partial charge in [0.05, 0.1) is 12.7 Å². The highest BCUT2D eigenvalue weighted by Gasteiger charge is 2.27. The molecule has 2 aromatic rings. The van der Waals surface area contributed by atoms with Crippen LogP contribution in [0.3, 0.4) is 0 Å². The third-order valence-electron chi connectivity index (χ3n) is 4.33. The molecule has 138 valence electrons. The Bertz CT molecular complexity index is 955. The van der Waals surface area contributed by atoms with Gasteiger partial charge in [-0.3, -0.25) is 4.79 Å². The van der Waals surface area contributed by atoms with Gasteiger partial charge in [-0.15, -0.1) is 11.3 Å². The molecule has 0 fully saturated rings. The summed E-state index contributed by atoms with van der Waals surface area (Å²) in [4.78, 5) is 25.9. The first-order valence-electron chi connectivity index (χ1n) is 8.45. The topological polar surface area (TPSA) is 79.2 Å². The molecular formula is C20H17FN2O3S. The van der Waals surface area contributed by atoms with Crippen LogP contribution in [0.1, 0.15) is 39.2 Å². The van der Waals surface area contributed by atoms with E-state index in [4.69, 9.17) is 4.74 Å². The lowest BCUT2D eigenvalue weighted by molar-refractivity contribution is -0.112. The second kappa shape index (κ2) is 8.14. The van der Waals surface area contributed by atoms with Crippen LogP contribution >= 0.6 is 11.3 Å². The van der Waals surface area contributed by atoms with Crippen molar-refractivity contribution in [2.75, 3.05) is 12.4 Å². The summed E-state index contributed by atoms with van der Waals surface area (Å²) in [6.07, 6.45) is 5.02. The van der Waals surface area contributed by atoms with Gasteiger partial charge >= 0.3 is 5.97 Å². The SMILES string of the molecule is COC(=O)c1c(NC(=O)C(C#N)=Cc2ccc(F)cc2)sc2c1CCCC2. The number of halogens is 1. The number of ether oxygens (including phenoxy) is 1. The Labute approximate surface area is 160 Å². The molecule has 0 atom stereocenters. The highest BCUT2D eigenvalue weighted by atomic mass is 32.1. The summed E-state index contributed by atoms with van der Waals surface area (Å²) in [6.45, 7) is 0. The number of methoxy groups -OCH3 is 1.